The highest BCUT2D eigenvalue weighted by atomic mass is 14.1. The van der Waals surface area contributed by atoms with Gasteiger partial charge in [-0.3, -0.25) is 0 Å². The normalized spacial score (nSPS) is 10.5. The van der Waals surface area contributed by atoms with Gasteiger partial charge in [-0.25, -0.2) is 0 Å². The molecule has 0 atom stereocenters. The topological polar surface area (TPSA) is 0 Å². The molecule has 1 rings (SSSR count). The Labute approximate surface area is 81.3 Å². The zero-order valence-corrected chi connectivity index (χ0v) is 8.72. The molecule has 0 unspecified atom stereocenters. The van der Waals surface area contributed by atoms with Crippen molar-refractivity contribution in [2.75, 3.05) is 0 Å². The lowest BCUT2D eigenvalue weighted by molar-refractivity contribution is 1.08. The van der Waals surface area contributed by atoms with Crippen molar-refractivity contribution in [3.8, 4) is 0 Å². The zero-order valence-electron chi connectivity index (χ0n) is 8.72. The van der Waals surface area contributed by atoms with E-state index >= 15 is 0 Å². The van der Waals surface area contributed by atoms with Gasteiger partial charge in [0.2, 0.25) is 0 Å². The van der Waals surface area contributed by atoms with Crippen LogP contribution in [-0.2, 0) is 6.42 Å². The third-order valence-corrected chi connectivity index (χ3v) is 2.38. The number of hydrogen-bond acceptors (Lipinski definition) is 0. The van der Waals surface area contributed by atoms with Gasteiger partial charge in [-0.05, 0) is 24.5 Å². The van der Waals surface area contributed by atoms with Crippen LogP contribution in [0.15, 0.2) is 30.9 Å². The molecular formula is C13H17. The van der Waals surface area contributed by atoms with Crippen LogP contribution >= 0.6 is 0 Å². The highest BCUT2D eigenvalue weighted by Crippen LogP contribution is 2.21. The van der Waals surface area contributed by atoms with Gasteiger partial charge in [0.05, 0.1) is 0 Å². The number of benzene rings is 1. The molecule has 0 heterocycles. The summed E-state index contributed by atoms with van der Waals surface area (Å²) in [6, 6.07) is 6.60. The third-order valence-electron chi connectivity index (χ3n) is 2.38. The SMILES string of the molecule is C=C[C](C)c1cc(C)ccc1CC. The Morgan fingerprint density at radius 3 is 2.69 bits per heavy atom. The predicted molar refractivity (Wildman–Crippen MR) is 58.8 cm³/mol. The predicted octanol–water partition coefficient (Wildman–Crippen LogP) is 3.69. The van der Waals surface area contributed by atoms with E-state index in [9.17, 15) is 0 Å². The minimum Gasteiger partial charge on any atom is -0.102 e. The molecule has 0 aliphatic carbocycles. The molecule has 0 heteroatoms. The summed E-state index contributed by atoms with van der Waals surface area (Å²) in [5, 5.41) is 0. The van der Waals surface area contributed by atoms with Gasteiger partial charge in [0.1, 0.15) is 0 Å². The minimum atomic E-state index is 1.08. The largest absolute Gasteiger partial charge is 0.102 e. The molecule has 69 valence electrons. The van der Waals surface area contributed by atoms with Crippen molar-refractivity contribution in [2.45, 2.75) is 27.2 Å². The van der Waals surface area contributed by atoms with E-state index in [1.54, 1.807) is 0 Å². The highest BCUT2D eigenvalue weighted by Gasteiger charge is 2.06. The molecule has 0 aliphatic rings. The first-order chi connectivity index (χ1) is 6.19. The Bertz CT molecular complexity index is 297. The minimum absolute atomic E-state index is 1.08. The highest BCUT2D eigenvalue weighted by molar-refractivity contribution is 5.43. The van der Waals surface area contributed by atoms with E-state index in [0.717, 1.165) is 6.42 Å². The van der Waals surface area contributed by atoms with Crippen molar-refractivity contribution >= 4 is 0 Å². The van der Waals surface area contributed by atoms with Gasteiger partial charge in [0, 0.05) is 5.92 Å². The molecule has 0 saturated heterocycles. The van der Waals surface area contributed by atoms with Gasteiger partial charge in [-0.2, -0.15) is 0 Å². The van der Waals surface area contributed by atoms with E-state index in [2.05, 4.69) is 45.5 Å². The summed E-state index contributed by atoms with van der Waals surface area (Å²) in [5.41, 5.74) is 4.06. The maximum atomic E-state index is 3.81. The van der Waals surface area contributed by atoms with Crippen LogP contribution in [0, 0.1) is 12.8 Å². The molecule has 1 aromatic rings. The van der Waals surface area contributed by atoms with Crippen LogP contribution in [0.4, 0.5) is 0 Å². The maximum absolute atomic E-state index is 3.81. The molecule has 0 amide bonds. The molecule has 1 radical (unpaired) electrons. The van der Waals surface area contributed by atoms with E-state index in [1.807, 2.05) is 6.08 Å². The second-order valence-electron chi connectivity index (χ2n) is 3.40. The van der Waals surface area contributed by atoms with Gasteiger partial charge in [0.25, 0.3) is 0 Å². The average Bonchev–Trinajstić information content (AvgIpc) is 2.16. The third kappa shape index (κ3) is 2.21. The summed E-state index contributed by atoms with van der Waals surface area (Å²) < 4.78 is 0. The van der Waals surface area contributed by atoms with Crippen molar-refractivity contribution in [3.05, 3.63) is 53.5 Å². The standard InChI is InChI=1S/C13H17/c1-5-11(4)13-9-10(3)7-8-12(13)6-2/h5,7-9H,1,6H2,2-4H3. The Morgan fingerprint density at radius 2 is 2.15 bits per heavy atom. The number of hydrogen-bond donors (Lipinski definition) is 0. The second kappa shape index (κ2) is 4.27. The molecule has 0 fully saturated rings. The number of rotatable bonds is 3. The summed E-state index contributed by atoms with van der Waals surface area (Å²) in [6.07, 6.45) is 3.01. The molecule has 0 aliphatic heterocycles. The monoisotopic (exact) mass is 173 g/mol. The van der Waals surface area contributed by atoms with E-state index in [4.69, 9.17) is 0 Å². The van der Waals surface area contributed by atoms with Crippen LogP contribution in [0.3, 0.4) is 0 Å². The first-order valence-corrected chi connectivity index (χ1v) is 4.75. The fourth-order valence-electron chi connectivity index (χ4n) is 1.48. The van der Waals surface area contributed by atoms with E-state index in [1.165, 1.54) is 22.6 Å². The summed E-state index contributed by atoms with van der Waals surface area (Å²) in [5.74, 6) is 1.26. The van der Waals surface area contributed by atoms with Crippen LogP contribution in [0.2, 0.25) is 0 Å². The first-order valence-electron chi connectivity index (χ1n) is 4.75. The van der Waals surface area contributed by atoms with Gasteiger partial charge in [-0.15, -0.1) is 6.58 Å². The quantitative estimate of drug-likeness (QED) is 0.654. The number of allylic oxidation sites excluding steroid dienone is 1. The van der Waals surface area contributed by atoms with E-state index < -0.39 is 0 Å². The molecule has 0 N–H and O–H groups in total. The second-order valence-corrected chi connectivity index (χ2v) is 3.40. The van der Waals surface area contributed by atoms with E-state index in [-0.39, 0.29) is 0 Å². The average molecular weight is 173 g/mol. The molecule has 0 saturated carbocycles. The summed E-state index contributed by atoms with van der Waals surface area (Å²) in [6.45, 7) is 10.2. The molecule has 0 aromatic heterocycles. The molecule has 13 heavy (non-hydrogen) atoms. The van der Waals surface area contributed by atoms with Crippen molar-refractivity contribution in [3.63, 3.8) is 0 Å². The van der Waals surface area contributed by atoms with Crippen molar-refractivity contribution in [1.29, 1.82) is 0 Å². The molecule has 0 spiro atoms. The van der Waals surface area contributed by atoms with Gasteiger partial charge < -0.3 is 0 Å². The maximum Gasteiger partial charge on any atom is 0.0233 e. The summed E-state index contributed by atoms with van der Waals surface area (Å²) in [7, 11) is 0. The van der Waals surface area contributed by atoms with Gasteiger partial charge >= 0.3 is 0 Å². The van der Waals surface area contributed by atoms with Crippen LogP contribution in [0.1, 0.15) is 30.5 Å². The summed E-state index contributed by atoms with van der Waals surface area (Å²) in [4.78, 5) is 0. The lowest BCUT2D eigenvalue weighted by atomic mass is 9.93. The fraction of sp³-hybridized carbons (Fsp3) is 0.308. The molecular weight excluding hydrogens is 156 g/mol. The fourth-order valence-corrected chi connectivity index (χ4v) is 1.48. The van der Waals surface area contributed by atoms with Gasteiger partial charge in [-0.1, -0.05) is 43.7 Å². The summed E-state index contributed by atoms with van der Waals surface area (Å²) >= 11 is 0. The number of aryl methyl sites for hydroxylation is 2. The van der Waals surface area contributed by atoms with Crippen LogP contribution in [-0.4, -0.2) is 0 Å². The Balaban J connectivity index is 3.14. The van der Waals surface area contributed by atoms with Crippen LogP contribution < -0.4 is 0 Å². The van der Waals surface area contributed by atoms with Crippen molar-refractivity contribution < 1.29 is 0 Å². The molecule has 0 nitrogen and oxygen atoms in total. The zero-order chi connectivity index (χ0) is 9.84. The Hall–Kier alpha value is -1.04. The van der Waals surface area contributed by atoms with Gasteiger partial charge in [0.15, 0.2) is 0 Å². The molecule has 1 aromatic carbocycles. The van der Waals surface area contributed by atoms with Crippen molar-refractivity contribution in [1.82, 2.24) is 0 Å². The Kier molecular flexibility index (Phi) is 3.30. The lowest BCUT2D eigenvalue weighted by Gasteiger charge is -2.12. The van der Waals surface area contributed by atoms with Crippen LogP contribution in [0.25, 0.3) is 0 Å². The first kappa shape index (κ1) is 10.0. The smallest absolute Gasteiger partial charge is 0.0233 e. The lowest BCUT2D eigenvalue weighted by Crippen LogP contribution is -1.97. The van der Waals surface area contributed by atoms with E-state index in [0.29, 0.717) is 0 Å². The van der Waals surface area contributed by atoms with Crippen LogP contribution in [0.5, 0.6) is 0 Å². The Morgan fingerprint density at radius 1 is 1.46 bits per heavy atom. The molecule has 0 bridgehead atoms. The van der Waals surface area contributed by atoms with Crippen molar-refractivity contribution in [2.24, 2.45) is 0 Å².